The quantitative estimate of drug-likeness (QED) is 0.680. The van der Waals surface area contributed by atoms with Crippen molar-refractivity contribution < 1.29 is 4.79 Å². The molecule has 0 heterocycles. The van der Waals surface area contributed by atoms with Gasteiger partial charge in [0, 0.05) is 0 Å². The van der Waals surface area contributed by atoms with Crippen LogP contribution in [0.15, 0.2) is 0 Å². The molecular formula is C2H3Cl4OSb. The zero-order valence-electron chi connectivity index (χ0n) is 3.87. The van der Waals surface area contributed by atoms with E-state index in [1.165, 1.54) is 6.92 Å². The van der Waals surface area contributed by atoms with E-state index in [0.29, 0.717) is 0 Å². The summed E-state index contributed by atoms with van der Waals surface area (Å²) in [6.45, 7) is 1.18. The fraction of sp³-hybridized carbons (Fsp3) is 0.500. The van der Waals surface area contributed by atoms with Crippen molar-refractivity contribution in [2.24, 2.45) is 0 Å². The maximum atomic E-state index is 10.3. The Morgan fingerprint density at radius 1 is 1.25 bits per heavy atom. The van der Waals surface area contributed by atoms with Crippen LogP contribution in [-0.2, 0) is 4.79 Å². The second-order valence-electron chi connectivity index (χ2n) is 1.24. The van der Waals surface area contributed by atoms with E-state index in [1.54, 1.807) is 0 Å². The summed E-state index contributed by atoms with van der Waals surface area (Å²) in [6, 6.07) is 0. The van der Waals surface area contributed by atoms with Gasteiger partial charge in [-0.05, 0) is 0 Å². The Balaban J connectivity index is 4.38. The summed E-state index contributed by atoms with van der Waals surface area (Å²) in [4.78, 5) is 10.3. The number of halogens is 4. The van der Waals surface area contributed by atoms with Crippen LogP contribution in [0.3, 0.4) is 0 Å². The van der Waals surface area contributed by atoms with Gasteiger partial charge in [-0.3, -0.25) is 0 Å². The molecule has 0 fully saturated rings. The van der Waals surface area contributed by atoms with Crippen LogP contribution in [0.1, 0.15) is 6.92 Å². The van der Waals surface area contributed by atoms with Crippen LogP contribution >= 0.6 is 35.3 Å². The van der Waals surface area contributed by atoms with Crippen molar-refractivity contribution in [3.05, 3.63) is 0 Å². The van der Waals surface area contributed by atoms with Crippen LogP contribution in [0.2, 0.25) is 0 Å². The van der Waals surface area contributed by atoms with E-state index >= 15 is 0 Å². The first-order valence-electron chi connectivity index (χ1n) is 1.60. The molecule has 0 bridgehead atoms. The molecule has 0 saturated heterocycles. The van der Waals surface area contributed by atoms with E-state index in [0.717, 1.165) is 0 Å². The van der Waals surface area contributed by atoms with Crippen LogP contribution in [0, 0.1) is 0 Å². The molecule has 0 aromatic heterocycles. The number of hydrogen-bond acceptors (Lipinski definition) is 1. The Morgan fingerprint density at radius 2 is 1.38 bits per heavy atom. The molecule has 0 radical (unpaired) electrons. The van der Waals surface area contributed by atoms with Gasteiger partial charge in [0.15, 0.2) is 0 Å². The third kappa shape index (κ3) is 3.63. The van der Waals surface area contributed by atoms with E-state index in [9.17, 15) is 4.79 Å². The van der Waals surface area contributed by atoms with Gasteiger partial charge in [-0.25, -0.2) is 0 Å². The second kappa shape index (κ2) is 2.36. The van der Waals surface area contributed by atoms with Gasteiger partial charge in [-0.15, -0.1) is 0 Å². The van der Waals surface area contributed by atoms with Crippen molar-refractivity contribution in [2.75, 3.05) is 0 Å². The molecule has 0 saturated carbocycles. The molecule has 0 spiro atoms. The van der Waals surface area contributed by atoms with Gasteiger partial charge >= 0.3 is 63.6 Å². The average Bonchev–Trinajstić information content (AvgIpc) is 1.27. The fourth-order valence-electron chi connectivity index (χ4n) is 0. The molecule has 0 N–H and O–H groups in total. The third-order valence-corrected chi connectivity index (χ3v) is 9.58. The topological polar surface area (TPSA) is 17.1 Å². The first-order chi connectivity index (χ1) is 3.20. The third-order valence-electron chi connectivity index (χ3n) is 0.476. The van der Waals surface area contributed by atoms with Crippen LogP contribution < -0.4 is 0 Å². The number of hydrogen-bond donors (Lipinski definition) is 0. The normalized spacial score (nSPS) is 16.9. The summed E-state index contributed by atoms with van der Waals surface area (Å²) in [6.07, 6.45) is 0. The Labute approximate surface area is 63.0 Å². The molecule has 0 aliphatic heterocycles. The molecule has 50 valence electrons. The summed E-state index contributed by atoms with van der Waals surface area (Å²) in [5.41, 5.74) is 0. The molecule has 0 rings (SSSR count). The average molecular weight is 307 g/mol. The molecule has 0 atom stereocenters. The van der Waals surface area contributed by atoms with E-state index < -0.39 is 16.6 Å². The summed E-state index contributed by atoms with van der Waals surface area (Å²) < 4.78 is -0.510. The Hall–Kier alpha value is 1.65. The maximum absolute atomic E-state index is 10.3. The zero-order chi connectivity index (χ0) is 7.02. The van der Waals surface area contributed by atoms with E-state index in [4.69, 9.17) is 35.3 Å². The Kier molecular flexibility index (Phi) is 2.84. The molecule has 8 heavy (non-hydrogen) atoms. The second-order valence-corrected chi connectivity index (χ2v) is 32.3. The number of carbonyl (C=O) groups excluding carboxylic acids is 1. The number of rotatable bonds is 1. The molecular weight excluding hydrogens is 304 g/mol. The molecule has 1 nitrogen and oxygen atoms in total. The summed E-state index contributed by atoms with van der Waals surface area (Å²) in [5.74, 6) is 0. The minimum atomic E-state index is -4.64. The van der Waals surface area contributed by atoms with Crippen LogP contribution in [-0.4, -0.2) is 16.6 Å². The summed E-state index contributed by atoms with van der Waals surface area (Å²) >= 11 is -4.64. The first-order valence-corrected chi connectivity index (χ1v) is 15.8. The molecule has 6 heteroatoms. The first kappa shape index (κ1) is 9.65. The van der Waals surface area contributed by atoms with E-state index in [1.807, 2.05) is 0 Å². The standard InChI is InChI=1S/C2H3O.4ClH.Sb/c1-2-3;;;;;/h1H3;4*1H;/q;;;;;+4/p-4. The molecule has 0 aromatic rings. The molecule has 0 unspecified atom stereocenters. The van der Waals surface area contributed by atoms with Gasteiger partial charge in [0.1, 0.15) is 0 Å². The van der Waals surface area contributed by atoms with Gasteiger partial charge in [0.25, 0.3) is 0 Å². The van der Waals surface area contributed by atoms with E-state index in [2.05, 4.69) is 0 Å². The Bertz CT molecular complexity index is 114. The van der Waals surface area contributed by atoms with Crippen molar-refractivity contribution in [2.45, 2.75) is 6.92 Å². The van der Waals surface area contributed by atoms with Gasteiger partial charge in [0.2, 0.25) is 0 Å². The van der Waals surface area contributed by atoms with Crippen molar-refractivity contribution in [3.63, 3.8) is 0 Å². The van der Waals surface area contributed by atoms with Crippen molar-refractivity contribution in [1.29, 1.82) is 0 Å². The van der Waals surface area contributed by atoms with Crippen molar-refractivity contribution in [3.8, 4) is 0 Å². The molecule has 0 aromatic carbocycles. The van der Waals surface area contributed by atoms with Crippen LogP contribution in [0.5, 0.6) is 0 Å². The Morgan fingerprint density at radius 3 is 1.38 bits per heavy atom. The molecule has 0 aliphatic carbocycles. The van der Waals surface area contributed by atoms with Crippen molar-refractivity contribution >= 4 is 51.9 Å². The molecule has 0 aliphatic rings. The predicted molar refractivity (Wildman–Crippen MR) is 39.8 cm³/mol. The van der Waals surface area contributed by atoms with Gasteiger partial charge < -0.3 is 0 Å². The van der Waals surface area contributed by atoms with Crippen molar-refractivity contribution in [1.82, 2.24) is 0 Å². The molecule has 0 amide bonds. The fourth-order valence-corrected chi connectivity index (χ4v) is 0. The van der Waals surface area contributed by atoms with Gasteiger partial charge in [-0.2, -0.15) is 0 Å². The van der Waals surface area contributed by atoms with Gasteiger partial charge in [-0.1, -0.05) is 0 Å². The SMILES string of the molecule is C[C](=O)[Sb]([Cl])([Cl])([Cl])[Cl]. The van der Waals surface area contributed by atoms with Crippen LogP contribution in [0.25, 0.3) is 0 Å². The van der Waals surface area contributed by atoms with Crippen LogP contribution in [0.4, 0.5) is 0 Å². The number of carbonyl (C=O) groups is 1. The predicted octanol–water partition coefficient (Wildman–Crippen LogP) is 2.46. The van der Waals surface area contributed by atoms with Gasteiger partial charge in [0.05, 0.1) is 0 Å². The summed E-state index contributed by atoms with van der Waals surface area (Å²) in [5, 5.41) is 0. The zero-order valence-corrected chi connectivity index (χ0v) is 9.44. The van der Waals surface area contributed by atoms with E-state index in [-0.39, 0.29) is 0 Å². The summed E-state index contributed by atoms with van der Waals surface area (Å²) in [7, 11) is 21.1. The monoisotopic (exact) mass is 304 g/mol. The minimum absolute atomic E-state index is 0.510.